The summed E-state index contributed by atoms with van der Waals surface area (Å²) in [5.74, 6) is -0.383. The summed E-state index contributed by atoms with van der Waals surface area (Å²) in [4.78, 5) is 13.1. The molecule has 0 aromatic heterocycles. The van der Waals surface area contributed by atoms with E-state index in [1.54, 1.807) is 6.07 Å². The Hall–Kier alpha value is -3.47. The highest BCUT2D eigenvalue weighted by atomic mass is 32.2. The van der Waals surface area contributed by atoms with Gasteiger partial charge in [0.2, 0.25) is 10.0 Å². The van der Waals surface area contributed by atoms with Gasteiger partial charge in [-0.25, -0.2) is 13.1 Å². The van der Waals surface area contributed by atoms with Gasteiger partial charge in [0.05, 0.1) is 17.0 Å². The highest BCUT2D eigenvalue weighted by molar-refractivity contribution is 7.89. The van der Waals surface area contributed by atoms with Crippen molar-refractivity contribution < 1.29 is 13.2 Å². The van der Waals surface area contributed by atoms with Crippen LogP contribution in [-0.4, -0.2) is 20.9 Å². The van der Waals surface area contributed by atoms with Gasteiger partial charge in [0.1, 0.15) is 0 Å². The van der Waals surface area contributed by atoms with E-state index < -0.39 is 16.1 Å². The highest BCUT2D eigenvalue weighted by Crippen LogP contribution is 2.25. The van der Waals surface area contributed by atoms with Crippen molar-refractivity contribution in [2.75, 3.05) is 6.54 Å². The molecule has 0 bridgehead atoms. The molecule has 0 fully saturated rings. The lowest BCUT2D eigenvalue weighted by molar-refractivity contribution is 0.0942. The van der Waals surface area contributed by atoms with Gasteiger partial charge < -0.3 is 5.32 Å². The number of rotatable bonds is 8. The molecule has 1 amide bonds. The van der Waals surface area contributed by atoms with Crippen molar-refractivity contribution in [3.8, 4) is 6.07 Å². The third-order valence-corrected chi connectivity index (χ3v) is 6.67. The molecule has 164 valence electrons. The fraction of sp³-hybridized carbons (Fsp3) is 0.200. The molecular weight excluding hydrogens is 422 g/mol. The number of aryl methyl sites for hydroxylation is 2. The third-order valence-electron chi connectivity index (χ3n) is 5.21. The van der Waals surface area contributed by atoms with Crippen molar-refractivity contribution >= 4 is 15.9 Å². The number of nitriles is 1. The summed E-state index contributed by atoms with van der Waals surface area (Å²) in [6.45, 7) is 4.07. The molecule has 0 radical (unpaired) electrons. The lowest BCUT2D eigenvalue weighted by Gasteiger charge is -2.21. The van der Waals surface area contributed by atoms with Crippen molar-refractivity contribution in [1.29, 1.82) is 5.26 Å². The summed E-state index contributed by atoms with van der Waals surface area (Å²) in [6, 6.07) is 23.0. The first-order valence-electron chi connectivity index (χ1n) is 10.2. The van der Waals surface area contributed by atoms with Crippen molar-refractivity contribution in [1.82, 2.24) is 10.0 Å². The van der Waals surface area contributed by atoms with Crippen LogP contribution in [0.25, 0.3) is 0 Å². The maximum Gasteiger partial charge on any atom is 0.252 e. The smallest absolute Gasteiger partial charge is 0.252 e. The van der Waals surface area contributed by atoms with Gasteiger partial charge in [0.25, 0.3) is 5.91 Å². The maximum atomic E-state index is 13.1. The van der Waals surface area contributed by atoms with Crippen LogP contribution in [0.4, 0.5) is 0 Å². The first kappa shape index (κ1) is 23.2. The molecule has 0 aliphatic heterocycles. The summed E-state index contributed by atoms with van der Waals surface area (Å²) in [7, 11) is -3.81. The van der Waals surface area contributed by atoms with Crippen molar-refractivity contribution in [2.24, 2.45) is 0 Å². The van der Waals surface area contributed by atoms with E-state index in [2.05, 4.69) is 10.0 Å². The van der Waals surface area contributed by atoms with Crippen LogP contribution in [-0.2, 0) is 10.0 Å². The minimum atomic E-state index is -3.81. The van der Waals surface area contributed by atoms with E-state index >= 15 is 0 Å². The van der Waals surface area contributed by atoms with E-state index in [4.69, 9.17) is 5.26 Å². The predicted molar refractivity (Wildman–Crippen MR) is 124 cm³/mol. The molecule has 0 saturated carbocycles. The molecule has 32 heavy (non-hydrogen) atoms. The van der Waals surface area contributed by atoms with Crippen LogP contribution in [0.15, 0.2) is 77.7 Å². The van der Waals surface area contributed by atoms with E-state index in [1.165, 1.54) is 18.2 Å². The van der Waals surface area contributed by atoms with Gasteiger partial charge in [-0.2, -0.15) is 5.26 Å². The Morgan fingerprint density at radius 2 is 1.69 bits per heavy atom. The van der Waals surface area contributed by atoms with E-state index in [-0.39, 0.29) is 29.3 Å². The van der Waals surface area contributed by atoms with Crippen LogP contribution in [0.2, 0.25) is 0 Å². The van der Waals surface area contributed by atoms with Crippen LogP contribution in [0, 0.1) is 25.2 Å². The van der Waals surface area contributed by atoms with Crippen LogP contribution in [0.1, 0.15) is 45.1 Å². The summed E-state index contributed by atoms with van der Waals surface area (Å²) in [5, 5.41) is 11.7. The molecule has 3 aromatic carbocycles. The topological polar surface area (TPSA) is 99.1 Å². The second kappa shape index (κ2) is 10.2. The van der Waals surface area contributed by atoms with Crippen molar-refractivity contribution in [3.05, 3.63) is 101 Å². The number of hydrogen-bond acceptors (Lipinski definition) is 4. The van der Waals surface area contributed by atoms with Crippen LogP contribution >= 0.6 is 0 Å². The summed E-state index contributed by atoms with van der Waals surface area (Å²) >= 11 is 0. The summed E-state index contributed by atoms with van der Waals surface area (Å²) in [5.41, 5.74) is 4.38. The Bertz CT molecular complexity index is 1250. The molecule has 0 heterocycles. The quantitative estimate of drug-likeness (QED) is 0.510. The summed E-state index contributed by atoms with van der Waals surface area (Å²) in [6.07, 6.45) is 0.0636. The zero-order valence-corrected chi connectivity index (χ0v) is 18.8. The van der Waals surface area contributed by atoms with E-state index in [0.29, 0.717) is 0 Å². The maximum absolute atomic E-state index is 13.1. The normalized spacial score (nSPS) is 12.0. The van der Waals surface area contributed by atoms with Gasteiger partial charge in [-0.15, -0.1) is 0 Å². The van der Waals surface area contributed by atoms with Gasteiger partial charge in [0.15, 0.2) is 0 Å². The van der Waals surface area contributed by atoms with Crippen molar-refractivity contribution in [3.63, 3.8) is 0 Å². The predicted octanol–water partition coefficient (Wildman–Crippen LogP) is 4.01. The van der Waals surface area contributed by atoms with E-state index in [9.17, 15) is 13.2 Å². The molecule has 2 N–H and O–H groups in total. The molecule has 0 aliphatic carbocycles. The van der Waals surface area contributed by atoms with Gasteiger partial charge in [-0.05, 0) is 54.3 Å². The van der Waals surface area contributed by atoms with Crippen molar-refractivity contribution in [2.45, 2.75) is 31.2 Å². The highest BCUT2D eigenvalue weighted by Gasteiger charge is 2.20. The Labute approximate surface area is 189 Å². The minimum absolute atomic E-state index is 0.0120. The second-order valence-electron chi connectivity index (χ2n) is 7.49. The Morgan fingerprint density at radius 3 is 2.38 bits per heavy atom. The zero-order chi connectivity index (χ0) is 23.1. The Kier molecular flexibility index (Phi) is 7.41. The first-order valence-corrected chi connectivity index (χ1v) is 11.7. The number of sulfonamides is 1. The van der Waals surface area contributed by atoms with Gasteiger partial charge in [-0.1, -0.05) is 54.6 Å². The molecular formula is C25H25N3O3S. The Balaban J connectivity index is 1.90. The average molecular weight is 448 g/mol. The molecule has 0 spiro atoms. The minimum Gasteiger partial charge on any atom is -0.341 e. The number of nitrogens with zero attached hydrogens (tertiary/aromatic N) is 1. The first-order chi connectivity index (χ1) is 15.3. The summed E-state index contributed by atoms with van der Waals surface area (Å²) < 4.78 is 27.3. The molecule has 1 unspecified atom stereocenters. The monoisotopic (exact) mass is 447 g/mol. The number of carbonyl (C=O) groups is 1. The van der Waals surface area contributed by atoms with E-state index in [0.717, 1.165) is 22.3 Å². The SMILES string of the molecule is Cc1ccc(C(NC(=O)c2cccc(S(=O)(=O)NCCC#N)c2)c2ccccc2)cc1C. The molecule has 0 aliphatic rings. The molecule has 7 heteroatoms. The second-order valence-corrected chi connectivity index (χ2v) is 9.26. The number of nitrogens with one attached hydrogen (secondary N) is 2. The third kappa shape index (κ3) is 5.61. The lowest BCUT2D eigenvalue weighted by Crippen LogP contribution is -2.30. The van der Waals surface area contributed by atoms with E-state index in [1.807, 2.05) is 68.4 Å². The number of benzene rings is 3. The molecule has 1 atom stereocenters. The fourth-order valence-corrected chi connectivity index (χ4v) is 4.37. The van der Waals surface area contributed by atoms with Gasteiger partial charge in [0, 0.05) is 18.5 Å². The largest absolute Gasteiger partial charge is 0.341 e. The number of hydrogen-bond donors (Lipinski definition) is 2. The van der Waals surface area contributed by atoms with Crippen LogP contribution in [0.5, 0.6) is 0 Å². The molecule has 3 rings (SSSR count). The molecule has 3 aromatic rings. The van der Waals surface area contributed by atoms with Crippen LogP contribution < -0.4 is 10.0 Å². The standard InChI is InChI=1S/C25H25N3O3S/c1-18-12-13-21(16-19(18)2)24(20-8-4-3-5-9-20)28-25(29)22-10-6-11-23(17-22)32(30,31)27-15-7-14-26/h3-6,8-13,16-17,24,27H,7,15H2,1-2H3,(H,28,29). The van der Waals surface area contributed by atoms with Crippen LogP contribution in [0.3, 0.4) is 0 Å². The average Bonchev–Trinajstić information content (AvgIpc) is 2.80. The zero-order valence-electron chi connectivity index (χ0n) is 18.0. The lowest BCUT2D eigenvalue weighted by atomic mass is 9.95. The molecule has 6 nitrogen and oxygen atoms in total. The number of amides is 1. The van der Waals surface area contributed by atoms with Gasteiger partial charge in [-0.3, -0.25) is 4.79 Å². The molecule has 0 saturated heterocycles. The van der Waals surface area contributed by atoms with Gasteiger partial charge >= 0.3 is 0 Å². The fourth-order valence-electron chi connectivity index (χ4n) is 3.29. The number of carbonyl (C=O) groups excluding carboxylic acids is 1. The Morgan fingerprint density at radius 1 is 0.938 bits per heavy atom.